The first-order valence-corrected chi connectivity index (χ1v) is 7.53. The molecular weight excluding hydrogens is 218 g/mol. The Morgan fingerprint density at radius 1 is 0.944 bits per heavy atom. The second kappa shape index (κ2) is 7.58. The van der Waals surface area contributed by atoms with Crippen molar-refractivity contribution in [2.75, 3.05) is 7.05 Å². The maximum atomic E-state index is 3.51. The van der Waals surface area contributed by atoms with E-state index < -0.39 is 0 Å². The lowest BCUT2D eigenvalue weighted by Gasteiger charge is -2.23. The van der Waals surface area contributed by atoms with E-state index in [0.717, 1.165) is 19.3 Å². The largest absolute Gasteiger partial charge is 0.313 e. The molecule has 0 saturated heterocycles. The zero-order valence-corrected chi connectivity index (χ0v) is 12.8. The highest BCUT2D eigenvalue weighted by Crippen LogP contribution is 2.28. The van der Waals surface area contributed by atoms with Crippen molar-refractivity contribution in [3.63, 3.8) is 0 Å². The molecule has 102 valence electrons. The van der Waals surface area contributed by atoms with E-state index in [4.69, 9.17) is 0 Å². The summed E-state index contributed by atoms with van der Waals surface area (Å²) in [6.07, 6.45) is 5.86. The van der Waals surface area contributed by atoms with Crippen molar-refractivity contribution in [3.8, 4) is 0 Å². The molecule has 1 rings (SSSR count). The molecule has 0 aliphatic heterocycles. The van der Waals surface area contributed by atoms with Gasteiger partial charge < -0.3 is 5.32 Å². The predicted molar refractivity (Wildman–Crippen MR) is 81.3 cm³/mol. The summed E-state index contributed by atoms with van der Waals surface area (Å²) in [5.41, 5.74) is 6.14. The molecule has 0 aromatic heterocycles. The summed E-state index contributed by atoms with van der Waals surface area (Å²) in [4.78, 5) is 0. The fourth-order valence-corrected chi connectivity index (χ4v) is 2.81. The van der Waals surface area contributed by atoms with E-state index in [1.54, 1.807) is 16.7 Å². The summed E-state index contributed by atoms with van der Waals surface area (Å²) in [5, 5.41) is 3.51. The second-order valence-electron chi connectivity index (χ2n) is 5.02. The standard InChI is InChI=1S/C17H29N/c1-6-10-16(18-5)17-14(8-3)11-13(7-2)12-15(17)9-4/h11-12,16,18H,6-10H2,1-5H3. The van der Waals surface area contributed by atoms with Gasteiger partial charge in [0.15, 0.2) is 0 Å². The maximum absolute atomic E-state index is 3.51. The van der Waals surface area contributed by atoms with Gasteiger partial charge in [0, 0.05) is 6.04 Å². The van der Waals surface area contributed by atoms with Crippen molar-refractivity contribution in [2.24, 2.45) is 0 Å². The molecule has 1 aromatic carbocycles. The molecule has 0 heterocycles. The van der Waals surface area contributed by atoms with Crippen LogP contribution in [0.25, 0.3) is 0 Å². The van der Waals surface area contributed by atoms with Gasteiger partial charge in [-0.15, -0.1) is 0 Å². The molecule has 0 radical (unpaired) electrons. The number of hydrogen-bond donors (Lipinski definition) is 1. The van der Waals surface area contributed by atoms with Gasteiger partial charge in [-0.25, -0.2) is 0 Å². The molecule has 0 fully saturated rings. The van der Waals surface area contributed by atoms with Crippen LogP contribution in [0.2, 0.25) is 0 Å². The molecule has 1 nitrogen and oxygen atoms in total. The Morgan fingerprint density at radius 3 is 1.83 bits per heavy atom. The van der Waals surface area contributed by atoms with Crippen LogP contribution < -0.4 is 5.32 Å². The van der Waals surface area contributed by atoms with Crippen LogP contribution in [0.4, 0.5) is 0 Å². The highest BCUT2D eigenvalue weighted by atomic mass is 14.9. The fraction of sp³-hybridized carbons (Fsp3) is 0.647. The van der Waals surface area contributed by atoms with Crippen LogP contribution in [0.15, 0.2) is 12.1 Å². The van der Waals surface area contributed by atoms with E-state index in [-0.39, 0.29) is 0 Å². The Kier molecular flexibility index (Phi) is 6.42. The Bertz CT molecular complexity index is 343. The van der Waals surface area contributed by atoms with E-state index >= 15 is 0 Å². The summed E-state index contributed by atoms with van der Waals surface area (Å²) in [5.74, 6) is 0. The molecule has 0 aliphatic rings. The quantitative estimate of drug-likeness (QED) is 0.751. The normalized spacial score (nSPS) is 12.7. The number of nitrogens with one attached hydrogen (secondary N) is 1. The highest BCUT2D eigenvalue weighted by Gasteiger charge is 2.16. The number of rotatable bonds is 7. The number of aryl methyl sites for hydroxylation is 3. The molecule has 0 aliphatic carbocycles. The molecule has 1 heteroatoms. The molecule has 1 atom stereocenters. The van der Waals surface area contributed by atoms with Crippen molar-refractivity contribution in [2.45, 2.75) is 65.8 Å². The Hall–Kier alpha value is -0.820. The first-order chi connectivity index (χ1) is 8.71. The van der Waals surface area contributed by atoms with Gasteiger partial charge in [0.05, 0.1) is 0 Å². The van der Waals surface area contributed by atoms with Gasteiger partial charge in [-0.2, -0.15) is 0 Å². The monoisotopic (exact) mass is 247 g/mol. The van der Waals surface area contributed by atoms with E-state index in [1.807, 2.05) is 0 Å². The van der Waals surface area contributed by atoms with Crippen molar-refractivity contribution >= 4 is 0 Å². The first-order valence-electron chi connectivity index (χ1n) is 7.53. The summed E-state index contributed by atoms with van der Waals surface area (Å²) in [6, 6.07) is 5.34. The average molecular weight is 247 g/mol. The van der Waals surface area contributed by atoms with Crippen molar-refractivity contribution < 1.29 is 0 Å². The van der Waals surface area contributed by atoms with Gasteiger partial charge in [0.25, 0.3) is 0 Å². The van der Waals surface area contributed by atoms with E-state index in [1.165, 1.54) is 18.4 Å². The Labute approximate surface area is 113 Å². The molecule has 0 bridgehead atoms. The lowest BCUT2D eigenvalue weighted by atomic mass is 9.87. The lowest BCUT2D eigenvalue weighted by molar-refractivity contribution is 0.533. The highest BCUT2D eigenvalue weighted by molar-refractivity contribution is 5.41. The van der Waals surface area contributed by atoms with Gasteiger partial charge in [0.2, 0.25) is 0 Å². The predicted octanol–water partition coefficient (Wildman–Crippen LogP) is 4.43. The van der Waals surface area contributed by atoms with Crippen LogP contribution >= 0.6 is 0 Å². The first kappa shape index (κ1) is 15.2. The van der Waals surface area contributed by atoms with Crippen molar-refractivity contribution in [3.05, 3.63) is 34.4 Å². The molecular formula is C17H29N. The van der Waals surface area contributed by atoms with Gasteiger partial charge in [-0.3, -0.25) is 0 Å². The minimum Gasteiger partial charge on any atom is -0.313 e. The Balaban J connectivity index is 3.28. The molecule has 1 aromatic rings. The SMILES string of the molecule is CCCC(NC)c1c(CC)cc(CC)cc1CC. The molecule has 0 saturated carbocycles. The zero-order valence-electron chi connectivity index (χ0n) is 12.8. The lowest BCUT2D eigenvalue weighted by Crippen LogP contribution is -2.20. The van der Waals surface area contributed by atoms with Crippen LogP contribution in [0.3, 0.4) is 0 Å². The fourth-order valence-electron chi connectivity index (χ4n) is 2.81. The van der Waals surface area contributed by atoms with Gasteiger partial charge in [0.1, 0.15) is 0 Å². The van der Waals surface area contributed by atoms with Gasteiger partial charge >= 0.3 is 0 Å². The molecule has 0 spiro atoms. The molecule has 0 amide bonds. The van der Waals surface area contributed by atoms with E-state index in [2.05, 4.69) is 52.2 Å². The third kappa shape index (κ3) is 3.35. The van der Waals surface area contributed by atoms with Crippen LogP contribution in [0, 0.1) is 0 Å². The summed E-state index contributed by atoms with van der Waals surface area (Å²) >= 11 is 0. The summed E-state index contributed by atoms with van der Waals surface area (Å²) in [6.45, 7) is 9.06. The van der Waals surface area contributed by atoms with Crippen LogP contribution in [-0.2, 0) is 19.3 Å². The van der Waals surface area contributed by atoms with Crippen molar-refractivity contribution in [1.29, 1.82) is 0 Å². The third-order valence-corrected chi connectivity index (χ3v) is 3.86. The topological polar surface area (TPSA) is 12.0 Å². The van der Waals surface area contributed by atoms with Crippen LogP contribution in [0.5, 0.6) is 0 Å². The Morgan fingerprint density at radius 2 is 1.50 bits per heavy atom. The smallest absolute Gasteiger partial charge is 0.0322 e. The van der Waals surface area contributed by atoms with Gasteiger partial charge in [-0.05, 0) is 55.0 Å². The average Bonchev–Trinajstić information content (AvgIpc) is 2.43. The third-order valence-electron chi connectivity index (χ3n) is 3.86. The number of benzene rings is 1. The zero-order chi connectivity index (χ0) is 13.5. The second-order valence-corrected chi connectivity index (χ2v) is 5.02. The molecule has 1 unspecified atom stereocenters. The van der Waals surface area contributed by atoms with Crippen molar-refractivity contribution in [1.82, 2.24) is 5.32 Å². The molecule has 18 heavy (non-hydrogen) atoms. The summed E-state index contributed by atoms with van der Waals surface area (Å²) in [7, 11) is 2.09. The van der Waals surface area contributed by atoms with E-state index in [0.29, 0.717) is 6.04 Å². The minimum atomic E-state index is 0.519. The van der Waals surface area contributed by atoms with Crippen LogP contribution in [0.1, 0.15) is 68.8 Å². The molecule has 1 N–H and O–H groups in total. The maximum Gasteiger partial charge on any atom is 0.0322 e. The summed E-state index contributed by atoms with van der Waals surface area (Å²) < 4.78 is 0. The van der Waals surface area contributed by atoms with E-state index in [9.17, 15) is 0 Å². The van der Waals surface area contributed by atoms with Crippen LogP contribution in [-0.4, -0.2) is 7.05 Å². The minimum absolute atomic E-state index is 0.519. The van der Waals surface area contributed by atoms with Gasteiger partial charge in [-0.1, -0.05) is 46.2 Å². The number of hydrogen-bond acceptors (Lipinski definition) is 1.